The molecule has 0 atom stereocenters. The van der Waals surface area contributed by atoms with Crippen LogP contribution in [-0.2, 0) is 11.8 Å². The number of amides is 1. The molecule has 1 aliphatic rings. The summed E-state index contributed by atoms with van der Waals surface area (Å²) in [6.45, 7) is 2.21. The van der Waals surface area contributed by atoms with Gasteiger partial charge in [0.25, 0.3) is 0 Å². The molecule has 0 aliphatic carbocycles. The summed E-state index contributed by atoms with van der Waals surface area (Å²) in [6, 6.07) is 6.57. The molecule has 0 radical (unpaired) electrons. The van der Waals surface area contributed by atoms with Gasteiger partial charge >= 0.3 is 0 Å². The predicted octanol–water partition coefficient (Wildman–Crippen LogP) is 3.11. The number of hydrogen-bond donors (Lipinski definition) is 1. The summed E-state index contributed by atoms with van der Waals surface area (Å²) < 4.78 is 16.2. The van der Waals surface area contributed by atoms with Crippen molar-refractivity contribution in [1.82, 2.24) is 24.4 Å². The second-order valence-corrected chi connectivity index (χ2v) is 7.06. The summed E-state index contributed by atoms with van der Waals surface area (Å²) in [5.74, 6) is 0.988. The van der Waals surface area contributed by atoms with Crippen LogP contribution < -0.4 is 5.32 Å². The zero-order valence-electron chi connectivity index (χ0n) is 16.3. The second-order valence-electron chi connectivity index (χ2n) is 7.06. The molecule has 1 fully saturated rings. The van der Waals surface area contributed by atoms with Gasteiger partial charge in [-0.1, -0.05) is 18.2 Å². The van der Waals surface area contributed by atoms with Gasteiger partial charge in [0.2, 0.25) is 11.9 Å². The number of nitrogens with zero attached hydrogens (tertiary/aromatic N) is 5. The monoisotopic (exact) mass is 394 g/mol. The Bertz CT molecular complexity index is 1020. The standard InChI is InChI=1S/C21H23FN6O/c1-27-13-10-23-20(27)19-16(15-6-2-3-7-17(15)22)14-25-21(26-19)24-9-5-12-28-11-4-8-18(28)29/h2-3,6-7,10,13-14H,4-5,8-9,11-12H2,1H3,(H,24,25,26). The van der Waals surface area contributed by atoms with Gasteiger partial charge in [-0.05, 0) is 18.9 Å². The Labute approximate surface area is 168 Å². The van der Waals surface area contributed by atoms with E-state index in [9.17, 15) is 9.18 Å². The van der Waals surface area contributed by atoms with Gasteiger partial charge < -0.3 is 14.8 Å². The summed E-state index contributed by atoms with van der Waals surface area (Å²) in [5, 5.41) is 3.21. The van der Waals surface area contributed by atoms with Crippen molar-refractivity contribution < 1.29 is 9.18 Å². The van der Waals surface area contributed by atoms with E-state index >= 15 is 0 Å². The van der Waals surface area contributed by atoms with E-state index in [0.717, 1.165) is 25.9 Å². The van der Waals surface area contributed by atoms with Crippen LogP contribution in [0.1, 0.15) is 19.3 Å². The predicted molar refractivity (Wildman–Crippen MR) is 109 cm³/mol. The average Bonchev–Trinajstić information content (AvgIpc) is 3.33. The molecule has 7 nitrogen and oxygen atoms in total. The van der Waals surface area contributed by atoms with Crippen molar-refractivity contribution in [3.05, 3.63) is 48.7 Å². The maximum absolute atomic E-state index is 14.4. The van der Waals surface area contributed by atoms with Crippen molar-refractivity contribution in [2.24, 2.45) is 7.05 Å². The number of nitrogens with one attached hydrogen (secondary N) is 1. The minimum Gasteiger partial charge on any atom is -0.354 e. The molecule has 0 saturated carbocycles. The minimum absolute atomic E-state index is 0.229. The van der Waals surface area contributed by atoms with Crippen LogP contribution in [0.15, 0.2) is 42.9 Å². The lowest BCUT2D eigenvalue weighted by atomic mass is 10.0. The van der Waals surface area contributed by atoms with Crippen molar-refractivity contribution in [3.8, 4) is 22.6 Å². The van der Waals surface area contributed by atoms with E-state index in [-0.39, 0.29) is 11.7 Å². The highest BCUT2D eigenvalue weighted by Gasteiger charge is 2.20. The molecule has 1 amide bonds. The number of carbonyl (C=O) groups excluding carboxylic acids is 1. The normalized spacial score (nSPS) is 13.9. The highest BCUT2D eigenvalue weighted by molar-refractivity contribution is 5.79. The molecule has 4 rings (SSSR count). The Kier molecular flexibility index (Phi) is 5.50. The molecule has 3 heterocycles. The van der Waals surface area contributed by atoms with Gasteiger partial charge in [-0.25, -0.2) is 19.3 Å². The lowest BCUT2D eigenvalue weighted by Gasteiger charge is -2.15. The van der Waals surface area contributed by atoms with Gasteiger partial charge in [0, 0.05) is 62.8 Å². The minimum atomic E-state index is -0.331. The Morgan fingerprint density at radius 1 is 1.21 bits per heavy atom. The highest BCUT2D eigenvalue weighted by atomic mass is 19.1. The number of anilines is 1. The summed E-state index contributed by atoms with van der Waals surface area (Å²) in [5.41, 5.74) is 1.59. The number of likely N-dealkylation sites (tertiary alicyclic amines) is 1. The van der Waals surface area contributed by atoms with E-state index in [4.69, 9.17) is 0 Å². The molecular formula is C21H23FN6O. The molecule has 150 valence electrons. The third kappa shape index (κ3) is 4.11. The van der Waals surface area contributed by atoms with Crippen LogP contribution in [0.2, 0.25) is 0 Å². The highest BCUT2D eigenvalue weighted by Crippen LogP contribution is 2.31. The fraction of sp³-hybridized carbons (Fsp3) is 0.333. The third-order valence-electron chi connectivity index (χ3n) is 5.05. The zero-order chi connectivity index (χ0) is 20.2. The lowest BCUT2D eigenvalue weighted by molar-refractivity contribution is -0.127. The average molecular weight is 394 g/mol. The fourth-order valence-corrected chi connectivity index (χ4v) is 3.52. The van der Waals surface area contributed by atoms with E-state index in [1.54, 1.807) is 30.6 Å². The molecule has 2 aromatic heterocycles. The lowest BCUT2D eigenvalue weighted by Crippen LogP contribution is -2.27. The van der Waals surface area contributed by atoms with Crippen LogP contribution in [0.5, 0.6) is 0 Å². The van der Waals surface area contributed by atoms with Gasteiger partial charge in [0.05, 0.1) is 0 Å². The van der Waals surface area contributed by atoms with Crippen molar-refractivity contribution in [1.29, 1.82) is 0 Å². The molecule has 1 aliphatic heterocycles. The van der Waals surface area contributed by atoms with E-state index in [0.29, 0.717) is 41.6 Å². The number of imidazole rings is 1. The maximum Gasteiger partial charge on any atom is 0.223 e. The first kappa shape index (κ1) is 19.0. The smallest absolute Gasteiger partial charge is 0.223 e. The molecule has 8 heteroatoms. The van der Waals surface area contributed by atoms with Crippen LogP contribution in [0.3, 0.4) is 0 Å². The van der Waals surface area contributed by atoms with Crippen molar-refractivity contribution in [2.45, 2.75) is 19.3 Å². The first-order valence-electron chi connectivity index (χ1n) is 9.75. The summed E-state index contributed by atoms with van der Waals surface area (Å²) in [4.78, 5) is 27.0. The SMILES string of the molecule is Cn1ccnc1-c1nc(NCCCN2CCCC2=O)ncc1-c1ccccc1F. The Morgan fingerprint density at radius 2 is 2.07 bits per heavy atom. The Hall–Kier alpha value is -3.29. The zero-order valence-corrected chi connectivity index (χ0v) is 16.3. The molecular weight excluding hydrogens is 371 g/mol. The Balaban J connectivity index is 1.55. The van der Waals surface area contributed by atoms with Crippen molar-refractivity contribution >= 4 is 11.9 Å². The molecule has 0 bridgehead atoms. The number of rotatable bonds is 7. The van der Waals surface area contributed by atoms with Crippen LogP contribution in [0, 0.1) is 5.82 Å². The van der Waals surface area contributed by atoms with Gasteiger partial charge in [-0.15, -0.1) is 0 Å². The van der Waals surface area contributed by atoms with Gasteiger partial charge in [-0.2, -0.15) is 0 Å². The summed E-state index contributed by atoms with van der Waals surface area (Å²) >= 11 is 0. The van der Waals surface area contributed by atoms with E-state index in [2.05, 4.69) is 20.3 Å². The first-order chi connectivity index (χ1) is 14.1. The molecule has 1 saturated heterocycles. The molecule has 3 aromatic rings. The van der Waals surface area contributed by atoms with Gasteiger partial charge in [0.1, 0.15) is 11.5 Å². The van der Waals surface area contributed by atoms with Crippen molar-refractivity contribution in [3.63, 3.8) is 0 Å². The van der Waals surface area contributed by atoms with Crippen LogP contribution in [0.4, 0.5) is 10.3 Å². The van der Waals surface area contributed by atoms with Crippen LogP contribution in [-0.4, -0.2) is 50.0 Å². The van der Waals surface area contributed by atoms with Gasteiger partial charge in [-0.3, -0.25) is 4.79 Å². The van der Waals surface area contributed by atoms with Crippen LogP contribution >= 0.6 is 0 Å². The number of halogens is 1. The first-order valence-corrected chi connectivity index (χ1v) is 9.75. The number of hydrogen-bond acceptors (Lipinski definition) is 5. The largest absolute Gasteiger partial charge is 0.354 e. The van der Waals surface area contributed by atoms with Crippen molar-refractivity contribution in [2.75, 3.05) is 25.0 Å². The van der Waals surface area contributed by atoms with E-state index in [1.807, 2.05) is 22.7 Å². The number of carbonyl (C=O) groups is 1. The molecule has 0 spiro atoms. The number of benzene rings is 1. The molecule has 0 unspecified atom stereocenters. The topological polar surface area (TPSA) is 75.9 Å². The molecule has 1 N–H and O–H groups in total. The van der Waals surface area contributed by atoms with E-state index < -0.39 is 0 Å². The fourth-order valence-electron chi connectivity index (χ4n) is 3.52. The number of aryl methyl sites for hydroxylation is 1. The summed E-state index contributed by atoms with van der Waals surface area (Å²) in [6.07, 6.45) is 7.54. The molecule has 29 heavy (non-hydrogen) atoms. The van der Waals surface area contributed by atoms with E-state index in [1.165, 1.54) is 6.07 Å². The second kappa shape index (κ2) is 8.38. The quantitative estimate of drug-likeness (QED) is 0.623. The summed E-state index contributed by atoms with van der Waals surface area (Å²) in [7, 11) is 1.87. The number of aromatic nitrogens is 4. The maximum atomic E-state index is 14.4. The Morgan fingerprint density at radius 3 is 2.79 bits per heavy atom. The van der Waals surface area contributed by atoms with Crippen LogP contribution in [0.25, 0.3) is 22.6 Å². The third-order valence-corrected chi connectivity index (χ3v) is 5.05. The van der Waals surface area contributed by atoms with Gasteiger partial charge in [0.15, 0.2) is 5.82 Å². The molecule has 1 aromatic carbocycles.